The first-order chi connectivity index (χ1) is 8.65. The topological polar surface area (TPSA) is 41.3 Å². The van der Waals surface area contributed by atoms with Crippen molar-refractivity contribution in [3.8, 4) is 0 Å². The molecule has 0 fully saturated rings. The average molecular weight is 253 g/mol. The molecular formula is C14H27N3O. The van der Waals surface area contributed by atoms with Crippen molar-refractivity contribution in [2.75, 3.05) is 13.1 Å². The summed E-state index contributed by atoms with van der Waals surface area (Å²) in [5.74, 6) is 0.966. The monoisotopic (exact) mass is 253 g/mol. The zero-order chi connectivity index (χ0) is 13.4. The Morgan fingerprint density at radius 1 is 1.39 bits per heavy atom. The smallest absolute Gasteiger partial charge is 0.151 e. The average Bonchev–Trinajstić information content (AvgIpc) is 2.79. The Kier molecular flexibility index (Phi) is 6.98. The Labute approximate surface area is 111 Å². The third kappa shape index (κ3) is 5.65. The van der Waals surface area contributed by atoms with Gasteiger partial charge in [0.2, 0.25) is 0 Å². The molecule has 0 unspecified atom stereocenters. The Balaban J connectivity index is 2.41. The van der Waals surface area contributed by atoms with Crippen molar-refractivity contribution < 1.29 is 4.52 Å². The summed E-state index contributed by atoms with van der Waals surface area (Å²) in [6.07, 6.45) is 2.47. The molecule has 0 saturated carbocycles. The van der Waals surface area contributed by atoms with E-state index in [0.29, 0.717) is 6.04 Å². The third-order valence-electron chi connectivity index (χ3n) is 2.95. The van der Waals surface area contributed by atoms with Crippen LogP contribution < -0.4 is 5.32 Å². The molecular weight excluding hydrogens is 226 g/mol. The van der Waals surface area contributed by atoms with Crippen molar-refractivity contribution in [2.24, 2.45) is 0 Å². The normalized spacial score (nSPS) is 11.7. The number of hydrogen-bond donors (Lipinski definition) is 1. The van der Waals surface area contributed by atoms with Crippen molar-refractivity contribution in [3.63, 3.8) is 0 Å². The molecule has 0 aliphatic carbocycles. The molecule has 0 aromatic carbocycles. The first-order valence-electron chi connectivity index (χ1n) is 7.05. The van der Waals surface area contributed by atoms with Gasteiger partial charge in [-0.05, 0) is 19.5 Å². The summed E-state index contributed by atoms with van der Waals surface area (Å²) in [4.78, 5) is 2.39. The molecule has 1 N–H and O–H groups in total. The number of nitrogens with one attached hydrogen (secondary N) is 1. The Hall–Kier alpha value is -0.870. The van der Waals surface area contributed by atoms with Gasteiger partial charge in [0.25, 0.3) is 0 Å². The molecule has 0 amide bonds. The van der Waals surface area contributed by atoms with Crippen LogP contribution in [0.2, 0.25) is 0 Å². The molecule has 0 bridgehead atoms. The van der Waals surface area contributed by atoms with Gasteiger partial charge in [-0.15, -0.1) is 0 Å². The van der Waals surface area contributed by atoms with Gasteiger partial charge in [-0.2, -0.15) is 0 Å². The Bertz CT molecular complexity index is 323. The molecule has 104 valence electrons. The second kappa shape index (κ2) is 8.27. The van der Waals surface area contributed by atoms with Gasteiger partial charge in [0.15, 0.2) is 5.76 Å². The minimum absolute atomic E-state index is 0.474. The fourth-order valence-corrected chi connectivity index (χ4v) is 1.77. The van der Waals surface area contributed by atoms with Crippen molar-refractivity contribution >= 4 is 0 Å². The lowest BCUT2D eigenvalue weighted by Crippen LogP contribution is -2.23. The van der Waals surface area contributed by atoms with Gasteiger partial charge in [0.05, 0.1) is 12.2 Å². The Morgan fingerprint density at radius 3 is 2.78 bits per heavy atom. The summed E-state index contributed by atoms with van der Waals surface area (Å²) in [5.41, 5.74) is 0.991. The molecule has 0 aliphatic rings. The fourth-order valence-electron chi connectivity index (χ4n) is 1.77. The molecule has 1 rings (SSSR count). The summed E-state index contributed by atoms with van der Waals surface area (Å²) >= 11 is 0. The number of aromatic nitrogens is 1. The first kappa shape index (κ1) is 15.2. The molecule has 18 heavy (non-hydrogen) atoms. The van der Waals surface area contributed by atoms with Crippen LogP contribution in [-0.2, 0) is 13.1 Å². The number of unbranched alkanes of at least 4 members (excludes halogenated alkanes) is 1. The van der Waals surface area contributed by atoms with Crippen molar-refractivity contribution in [3.05, 3.63) is 17.5 Å². The quantitative estimate of drug-likeness (QED) is 0.735. The molecule has 1 aromatic rings. The highest BCUT2D eigenvalue weighted by Crippen LogP contribution is 2.08. The molecule has 1 aromatic heterocycles. The molecule has 0 atom stereocenters. The largest absolute Gasteiger partial charge is 0.360 e. The van der Waals surface area contributed by atoms with Crippen molar-refractivity contribution in [2.45, 2.75) is 59.7 Å². The van der Waals surface area contributed by atoms with E-state index in [1.54, 1.807) is 0 Å². The molecule has 0 saturated heterocycles. The van der Waals surface area contributed by atoms with E-state index in [9.17, 15) is 0 Å². The SMILES string of the molecule is CCCCN(CC)Cc1cc(CNC(C)C)no1. The maximum Gasteiger partial charge on any atom is 0.151 e. The van der Waals surface area contributed by atoms with E-state index in [-0.39, 0.29) is 0 Å². The van der Waals surface area contributed by atoms with Crippen LogP contribution in [0.3, 0.4) is 0 Å². The fraction of sp³-hybridized carbons (Fsp3) is 0.786. The van der Waals surface area contributed by atoms with E-state index < -0.39 is 0 Å². The van der Waals surface area contributed by atoms with Gasteiger partial charge in [-0.25, -0.2) is 0 Å². The van der Waals surface area contributed by atoms with Gasteiger partial charge in [0, 0.05) is 18.7 Å². The van der Waals surface area contributed by atoms with E-state index in [4.69, 9.17) is 4.52 Å². The highest BCUT2D eigenvalue weighted by atomic mass is 16.5. The van der Waals surface area contributed by atoms with Crippen molar-refractivity contribution in [1.29, 1.82) is 0 Å². The highest BCUT2D eigenvalue weighted by Gasteiger charge is 2.09. The van der Waals surface area contributed by atoms with Crippen LogP contribution >= 0.6 is 0 Å². The van der Waals surface area contributed by atoms with Gasteiger partial charge in [-0.1, -0.05) is 39.3 Å². The van der Waals surface area contributed by atoms with E-state index >= 15 is 0 Å². The van der Waals surface area contributed by atoms with Crippen LogP contribution in [0.1, 0.15) is 52.0 Å². The summed E-state index contributed by atoms with van der Waals surface area (Å²) in [7, 11) is 0. The van der Waals surface area contributed by atoms with Crippen LogP contribution in [-0.4, -0.2) is 29.2 Å². The van der Waals surface area contributed by atoms with E-state index in [1.165, 1.54) is 12.8 Å². The van der Waals surface area contributed by atoms with E-state index in [0.717, 1.165) is 37.6 Å². The first-order valence-corrected chi connectivity index (χ1v) is 7.05. The minimum atomic E-state index is 0.474. The summed E-state index contributed by atoms with van der Waals surface area (Å²) < 4.78 is 5.38. The van der Waals surface area contributed by atoms with E-state index in [1.807, 2.05) is 0 Å². The molecule has 0 aliphatic heterocycles. The van der Waals surface area contributed by atoms with Crippen molar-refractivity contribution in [1.82, 2.24) is 15.4 Å². The predicted octanol–water partition coefficient (Wildman–Crippen LogP) is 2.79. The maximum absolute atomic E-state index is 5.38. The molecule has 0 radical (unpaired) electrons. The lowest BCUT2D eigenvalue weighted by Gasteiger charge is -2.17. The Morgan fingerprint density at radius 2 is 2.17 bits per heavy atom. The highest BCUT2D eigenvalue weighted by molar-refractivity contribution is 5.05. The summed E-state index contributed by atoms with van der Waals surface area (Å²) in [6.45, 7) is 12.5. The second-order valence-electron chi connectivity index (χ2n) is 5.04. The van der Waals surface area contributed by atoms with Crippen LogP contribution in [0.5, 0.6) is 0 Å². The van der Waals surface area contributed by atoms with Crippen LogP contribution in [0.4, 0.5) is 0 Å². The standard InChI is InChI=1S/C14H27N3O/c1-5-7-8-17(6-2)11-14-9-13(16-18-14)10-15-12(3)4/h9,12,15H,5-8,10-11H2,1-4H3. The molecule has 4 nitrogen and oxygen atoms in total. The maximum atomic E-state index is 5.38. The van der Waals surface area contributed by atoms with E-state index in [2.05, 4.69) is 49.1 Å². The van der Waals surface area contributed by atoms with Gasteiger partial charge < -0.3 is 9.84 Å². The summed E-state index contributed by atoms with van der Waals surface area (Å²) in [5, 5.41) is 7.43. The molecule has 4 heteroatoms. The lowest BCUT2D eigenvalue weighted by molar-refractivity contribution is 0.237. The third-order valence-corrected chi connectivity index (χ3v) is 2.95. The zero-order valence-electron chi connectivity index (χ0n) is 12.2. The zero-order valence-corrected chi connectivity index (χ0v) is 12.2. The van der Waals surface area contributed by atoms with Crippen LogP contribution in [0, 0.1) is 0 Å². The van der Waals surface area contributed by atoms with Gasteiger partial charge >= 0.3 is 0 Å². The number of nitrogens with zero attached hydrogens (tertiary/aromatic N) is 2. The number of hydrogen-bond acceptors (Lipinski definition) is 4. The van der Waals surface area contributed by atoms with Crippen LogP contribution in [0.15, 0.2) is 10.6 Å². The van der Waals surface area contributed by atoms with Gasteiger partial charge in [-0.3, -0.25) is 4.90 Å². The van der Waals surface area contributed by atoms with Crippen LogP contribution in [0.25, 0.3) is 0 Å². The lowest BCUT2D eigenvalue weighted by atomic mass is 10.3. The summed E-state index contributed by atoms with van der Waals surface area (Å²) in [6, 6.07) is 2.53. The number of rotatable bonds is 9. The molecule has 1 heterocycles. The minimum Gasteiger partial charge on any atom is -0.360 e. The molecule has 0 spiro atoms. The van der Waals surface area contributed by atoms with Gasteiger partial charge in [0.1, 0.15) is 0 Å². The second-order valence-corrected chi connectivity index (χ2v) is 5.04. The predicted molar refractivity (Wildman–Crippen MR) is 74.3 cm³/mol.